The van der Waals surface area contributed by atoms with E-state index >= 15 is 0 Å². The summed E-state index contributed by atoms with van der Waals surface area (Å²) >= 11 is 0. The summed E-state index contributed by atoms with van der Waals surface area (Å²) in [6.07, 6.45) is -12.1. The maximum absolute atomic E-state index is 13.2. The number of hydrogen-bond donors (Lipinski definition) is 0. The van der Waals surface area contributed by atoms with Gasteiger partial charge in [0.2, 0.25) is 0 Å². The summed E-state index contributed by atoms with van der Waals surface area (Å²) < 4.78 is 79.0. The summed E-state index contributed by atoms with van der Waals surface area (Å²) in [5.74, 6) is 0. The fourth-order valence-electron chi connectivity index (χ4n) is 2.56. The van der Waals surface area contributed by atoms with Crippen LogP contribution in [0.5, 0.6) is 0 Å². The van der Waals surface area contributed by atoms with Gasteiger partial charge in [-0.05, 0) is 33.6 Å². The van der Waals surface area contributed by atoms with Crippen LogP contribution in [0.15, 0.2) is 11.1 Å². The van der Waals surface area contributed by atoms with Crippen molar-refractivity contribution in [1.29, 1.82) is 5.26 Å². The molecule has 1 aliphatic carbocycles. The molecule has 0 N–H and O–H groups in total. The predicted molar refractivity (Wildman–Crippen MR) is 55.9 cm³/mol. The van der Waals surface area contributed by atoms with Gasteiger partial charge in [-0.1, -0.05) is 11.1 Å². The molecule has 7 heteroatoms. The lowest BCUT2D eigenvalue weighted by molar-refractivity contribution is -0.321. The van der Waals surface area contributed by atoms with Crippen LogP contribution in [0.25, 0.3) is 0 Å². The van der Waals surface area contributed by atoms with E-state index in [2.05, 4.69) is 0 Å². The van der Waals surface area contributed by atoms with Crippen LogP contribution >= 0.6 is 0 Å². The Hall–Kier alpha value is -1.19. The van der Waals surface area contributed by atoms with Gasteiger partial charge in [0.1, 0.15) is 0 Å². The van der Waals surface area contributed by atoms with Crippen LogP contribution in [0.2, 0.25) is 0 Å². The van der Waals surface area contributed by atoms with Crippen LogP contribution in [0, 0.1) is 22.2 Å². The molecule has 0 aromatic carbocycles. The molecule has 0 aromatic heterocycles. The first-order chi connectivity index (χ1) is 8.32. The predicted octanol–water partition coefficient (Wildman–Crippen LogP) is 4.76. The van der Waals surface area contributed by atoms with Crippen LogP contribution in [0.3, 0.4) is 0 Å². The number of nitriles is 1. The lowest BCUT2D eigenvalue weighted by Crippen LogP contribution is -2.58. The SMILES string of the molecule is CC1=C(C)C[C@](C#N)(C(F)(F)F)[C@](C)(C(F)(F)F)C1. The van der Waals surface area contributed by atoms with Crippen LogP contribution in [-0.2, 0) is 0 Å². The van der Waals surface area contributed by atoms with Crippen LogP contribution in [0.4, 0.5) is 26.3 Å². The van der Waals surface area contributed by atoms with Crippen molar-refractivity contribution in [3.63, 3.8) is 0 Å². The maximum atomic E-state index is 13.2. The normalized spacial score (nSPS) is 33.3. The Morgan fingerprint density at radius 2 is 1.37 bits per heavy atom. The van der Waals surface area contributed by atoms with Crippen LogP contribution < -0.4 is 0 Å². The standard InChI is InChI=1S/C12H13F6N/c1-7-4-9(3,11(13,14)15)10(6-19,5-8(7)2)12(16,17)18/h4-5H2,1-3H3/t9-,10-/m1/s1. The molecule has 0 aliphatic heterocycles. The molecule has 0 saturated carbocycles. The van der Waals surface area contributed by atoms with Crippen molar-refractivity contribution < 1.29 is 26.3 Å². The monoisotopic (exact) mass is 285 g/mol. The van der Waals surface area contributed by atoms with Gasteiger partial charge in [-0.15, -0.1) is 0 Å². The number of hydrogen-bond acceptors (Lipinski definition) is 1. The second-order valence-electron chi connectivity index (χ2n) is 5.26. The molecule has 0 unspecified atom stereocenters. The summed E-state index contributed by atoms with van der Waals surface area (Å²) in [6.45, 7) is 3.19. The third kappa shape index (κ3) is 2.01. The molecule has 2 atom stereocenters. The van der Waals surface area contributed by atoms with E-state index in [4.69, 9.17) is 5.26 Å². The zero-order valence-electron chi connectivity index (χ0n) is 10.6. The molecular formula is C12H13F6N. The summed E-state index contributed by atoms with van der Waals surface area (Å²) in [4.78, 5) is 0. The smallest absolute Gasteiger partial charge is 0.197 e. The molecular weight excluding hydrogens is 272 g/mol. The number of nitrogens with zero attached hydrogens (tertiary/aromatic N) is 1. The van der Waals surface area contributed by atoms with Crippen molar-refractivity contribution in [2.45, 2.75) is 46.0 Å². The van der Waals surface area contributed by atoms with Crippen LogP contribution in [0.1, 0.15) is 33.6 Å². The van der Waals surface area contributed by atoms with E-state index in [0.717, 1.165) is 6.07 Å². The topological polar surface area (TPSA) is 23.8 Å². The van der Waals surface area contributed by atoms with Crippen LogP contribution in [-0.4, -0.2) is 12.4 Å². The molecule has 1 nitrogen and oxygen atoms in total. The van der Waals surface area contributed by atoms with Crippen molar-refractivity contribution in [2.75, 3.05) is 0 Å². The Morgan fingerprint density at radius 3 is 1.68 bits per heavy atom. The number of alkyl halides is 6. The zero-order chi connectivity index (χ0) is 15.3. The molecule has 1 rings (SSSR count). The molecule has 0 spiro atoms. The summed E-state index contributed by atoms with van der Waals surface area (Å²) in [5.41, 5.74) is -6.10. The average Bonchev–Trinajstić information content (AvgIpc) is 2.20. The molecule has 0 heterocycles. The average molecular weight is 285 g/mol. The van der Waals surface area contributed by atoms with E-state index in [1.165, 1.54) is 13.8 Å². The fourth-order valence-corrected chi connectivity index (χ4v) is 2.56. The lowest BCUT2D eigenvalue weighted by Gasteiger charge is -2.49. The molecule has 0 aromatic rings. The minimum atomic E-state index is -5.24. The fraction of sp³-hybridized carbons (Fsp3) is 0.750. The van der Waals surface area contributed by atoms with Gasteiger partial charge in [-0.3, -0.25) is 0 Å². The van der Waals surface area contributed by atoms with Gasteiger partial charge in [-0.2, -0.15) is 31.6 Å². The highest BCUT2D eigenvalue weighted by atomic mass is 19.4. The molecule has 0 radical (unpaired) electrons. The second kappa shape index (κ2) is 4.15. The number of halogens is 6. The van der Waals surface area contributed by atoms with Gasteiger partial charge in [0, 0.05) is 0 Å². The Morgan fingerprint density at radius 1 is 0.947 bits per heavy atom. The Kier molecular flexibility index (Phi) is 3.47. The number of allylic oxidation sites excluding steroid dienone is 2. The van der Waals surface area contributed by atoms with Gasteiger partial charge in [0.25, 0.3) is 0 Å². The van der Waals surface area contributed by atoms with Gasteiger partial charge in [0.05, 0.1) is 11.5 Å². The van der Waals surface area contributed by atoms with E-state index in [9.17, 15) is 26.3 Å². The summed E-state index contributed by atoms with van der Waals surface area (Å²) in [7, 11) is 0. The third-order valence-corrected chi connectivity index (χ3v) is 4.12. The molecule has 19 heavy (non-hydrogen) atoms. The minimum absolute atomic E-state index is 0.195. The Balaban J connectivity index is 3.63. The first-order valence-electron chi connectivity index (χ1n) is 5.52. The van der Waals surface area contributed by atoms with E-state index in [1.54, 1.807) is 0 Å². The van der Waals surface area contributed by atoms with Crippen molar-refractivity contribution >= 4 is 0 Å². The number of rotatable bonds is 0. The zero-order valence-corrected chi connectivity index (χ0v) is 10.6. The van der Waals surface area contributed by atoms with E-state index in [1.807, 2.05) is 0 Å². The second-order valence-corrected chi connectivity index (χ2v) is 5.26. The Labute approximate surface area is 106 Å². The lowest BCUT2D eigenvalue weighted by atomic mass is 9.55. The molecule has 0 saturated heterocycles. The Bertz CT molecular complexity index is 452. The first-order valence-corrected chi connectivity index (χ1v) is 5.52. The van der Waals surface area contributed by atoms with E-state index in [-0.39, 0.29) is 11.1 Å². The van der Waals surface area contributed by atoms with Gasteiger partial charge in [0.15, 0.2) is 5.41 Å². The molecule has 0 fully saturated rings. The third-order valence-electron chi connectivity index (χ3n) is 4.12. The quantitative estimate of drug-likeness (QED) is 0.465. The highest BCUT2D eigenvalue weighted by Crippen LogP contribution is 2.65. The molecule has 0 amide bonds. The van der Waals surface area contributed by atoms with E-state index in [0.29, 0.717) is 6.92 Å². The van der Waals surface area contributed by atoms with Crippen molar-refractivity contribution in [1.82, 2.24) is 0 Å². The van der Waals surface area contributed by atoms with Gasteiger partial charge >= 0.3 is 12.4 Å². The molecule has 108 valence electrons. The van der Waals surface area contributed by atoms with Gasteiger partial charge in [-0.25, -0.2) is 0 Å². The van der Waals surface area contributed by atoms with E-state index < -0.39 is 36.0 Å². The van der Waals surface area contributed by atoms with Crippen molar-refractivity contribution in [3.05, 3.63) is 11.1 Å². The molecule has 0 bridgehead atoms. The highest BCUT2D eigenvalue weighted by molar-refractivity contribution is 5.30. The maximum Gasteiger partial charge on any atom is 0.408 e. The minimum Gasteiger partial charge on any atom is -0.197 e. The summed E-state index contributed by atoms with van der Waals surface area (Å²) in [6, 6.07) is 0.926. The molecule has 1 aliphatic rings. The first kappa shape index (κ1) is 15.9. The van der Waals surface area contributed by atoms with Gasteiger partial charge < -0.3 is 0 Å². The largest absolute Gasteiger partial charge is 0.408 e. The van der Waals surface area contributed by atoms with Crippen molar-refractivity contribution in [2.24, 2.45) is 10.8 Å². The summed E-state index contributed by atoms with van der Waals surface area (Å²) in [5, 5.41) is 8.89. The van der Waals surface area contributed by atoms with Crippen molar-refractivity contribution in [3.8, 4) is 6.07 Å². The highest BCUT2D eigenvalue weighted by Gasteiger charge is 2.75.